The zero-order valence-electron chi connectivity index (χ0n) is 30.2. The Morgan fingerprint density at radius 2 is 0.893 bits per heavy atom. The van der Waals surface area contributed by atoms with Crippen LogP contribution in [-0.4, -0.2) is 9.97 Å². The fourth-order valence-corrected chi connectivity index (χ4v) is 9.02. The molecule has 0 bridgehead atoms. The molecule has 11 rings (SSSR count). The average molecular weight is 733 g/mol. The lowest BCUT2D eigenvalue weighted by molar-refractivity contribution is 0.670. The Labute approximate surface area is 327 Å². The Balaban J connectivity index is 1.00. The highest BCUT2D eigenvalue weighted by Gasteiger charge is 2.19. The van der Waals surface area contributed by atoms with Gasteiger partial charge in [-0.05, 0) is 64.2 Å². The van der Waals surface area contributed by atoms with Crippen molar-refractivity contribution >= 4 is 53.4 Å². The van der Waals surface area contributed by atoms with Gasteiger partial charge in [-0.25, -0.2) is 9.97 Å². The lowest BCUT2D eigenvalue weighted by Gasteiger charge is -2.11. The summed E-state index contributed by atoms with van der Waals surface area (Å²) >= 11 is 1.84. The van der Waals surface area contributed by atoms with Crippen LogP contribution in [0.25, 0.3) is 109 Å². The number of para-hydroxylation sites is 1. The predicted octanol–water partition coefficient (Wildman–Crippen LogP) is 14.7. The monoisotopic (exact) mass is 732 g/mol. The molecule has 0 aliphatic heterocycles. The maximum absolute atomic E-state index is 6.71. The minimum absolute atomic E-state index is 0.693. The first kappa shape index (κ1) is 32.3. The van der Waals surface area contributed by atoms with Crippen LogP contribution in [0.1, 0.15) is 0 Å². The summed E-state index contributed by atoms with van der Waals surface area (Å²) in [6.07, 6.45) is 0. The van der Waals surface area contributed by atoms with E-state index in [0.717, 1.165) is 66.7 Å². The van der Waals surface area contributed by atoms with E-state index in [1.807, 2.05) is 41.7 Å². The molecule has 3 heterocycles. The van der Waals surface area contributed by atoms with Crippen molar-refractivity contribution in [2.45, 2.75) is 0 Å². The molecule has 4 heteroatoms. The topological polar surface area (TPSA) is 38.9 Å². The van der Waals surface area contributed by atoms with Crippen LogP contribution in [0.4, 0.5) is 0 Å². The third-order valence-corrected chi connectivity index (χ3v) is 11.9. The van der Waals surface area contributed by atoms with E-state index in [2.05, 4.69) is 164 Å². The summed E-state index contributed by atoms with van der Waals surface area (Å²) in [6.45, 7) is 0. The minimum atomic E-state index is 0.693. The van der Waals surface area contributed by atoms with Gasteiger partial charge in [0.25, 0.3) is 0 Å². The Hall–Kier alpha value is -7.14. The SMILES string of the molecule is c1ccc(-c2ccc(-c3nc(-c4ccccc4)cc(-c4ccc(-c5ccc(-c6ccc7sc8ccccc8c7c6)c6c5oc5ccccc56)cc4)n3)cc2)cc1. The second-order valence-corrected chi connectivity index (χ2v) is 15.2. The molecule has 8 aromatic carbocycles. The number of hydrogen-bond donors (Lipinski definition) is 0. The number of fused-ring (bicyclic) bond motifs is 6. The van der Waals surface area contributed by atoms with Crippen LogP contribution in [-0.2, 0) is 0 Å². The van der Waals surface area contributed by atoms with Gasteiger partial charge in [0.1, 0.15) is 11.2 Å². The summed E-state index contributed by atoms with van der Waals surface area (Å²) in [7, 11) is 0. The Morgan fingerprint density at radius 1 is 0.357 bits per heavy atom. The summed E-state index contributed by atoms with van der Waals surface area (Å²) in [4.78, 5) is 10.2. The van der Waals surface area contributed by atoms with Gasteiger partial charge in [-0.1, -0.05) is 158 Å². The van der Waals surface area contributed by atoms with Crippen LogP contribution in [0.5, 0.6) is 0 Å². The summed E-state index contributed by atoms with van der Waals surface area (Å²) < 4.78 is 9.31. The predicted molar refractivity (Wildman–Crippen MR) is 235 cm³/mol. The van der Waals surface area contributed by atoms with Crippen molar-refractivity contribution in [3.63, 3.8) is 0 Å². The number of thiophene rings is 1. The van der Waals surface area contributed by atoms with Gasteiger partial charge in [-0.15, -0.1) is 11.3 Å². The molecule has 0 aliphatic carbocycles. The average Bonchev–Trinajstić information content (AvgIpc) is 3.85. The van der Waals surface area contributed by atoms with E-state index in [1.165, 1.54) is 36.9 Å². The van der Waals surface area contributed by atoms with Crippen LogP contribution in [0, 0.1) is 0 Å². The molecule has 0 saturated heterocycles. The zero-order valence-corrected chi connectivity index (χ0v) is 31.0. The third kappa shape index (κ3) is 5.58. The summed E-state index contributed by atoms with van der Waals surface area (Å²) in [5, 5.41) is 4.83. The molecule has 11 aromatic rings. The minimum Gasteiger partial charge on any atom is -0.455 e. The molecule has 0 saturated carbocycles. The molecule has 0 atom stereocenters. The molecule has 0 N–H and O–H groups in total. The number of nitrogens with zero attached hydrogens (tertiary/aromatic N) is 2. The quantitative estimate of drug-likeness (QED) is 0.171. The van der Waals surface area contributed by atoms with Gasteiger partial charge in [-0.2, -0.15) is 0 Å². The highest BCUT2D eigenvalue weighted by molar-refractivity contribution is 7.25. The number of furan rings is 1. The van der Waals surface area contributed by atoms with Crippen LogP contribution in [0.3, 0.4) is 0 Å². The second-order valence-electron chi connectivity index (χ2n) is 14.1. The molecule has 0 spiro atoms. The Bertz CT molecular complexity index is 3220. The highest BCUT2D eigenvalue weighted by Crippen LogP contribution is 2.44. The van der Waals surface area contributed by atoms with Crippen LogP contribution >= 0.6 is 11.3 Å². The lowest BCUT2D eigenvalue weighted by atomic mass is 9.93. The number of aromatic nitrogens is 2. The van der Waals surface area contributed by atoms with E-state index in [4.69, 9.17) is 14.4 Å². The first-order valence-electron chi connectivity index (χ1n) is 18.8. The van der Waals surface area contributed by atoms with Crippen molar-refractivity contribution in [3.05, 3.63) is 194 Å². The Morgan fingerprint density at radius 3 is 1.66 bits per heavy atom. The molecular formula is C52H32N2OS. The van der Waals surface area contributed by atoms with Gasteiger partial charge < -0.3 is 4.42 Å². The van der Waals surface area contributed by atoms with Gasteiger partial charge >= 0.3 is 0 Å². The molecule has 0 unspecified atom stereocenters. The fourth-order valence-electron chi connectivity index (χ4n) is 7.93. The van der Waals surface area contributed by atoms with Crippen LogP contribution < -0.4 is 0 Å². The highest BCUT2D eigenvalue weighted by atomic mass is 32.1. The van der Waals surface area contributed by atoms with Gasteiger partial charge in [-0.3, -0.25) is 0 Å². The van der Waals surface area contributed by atoms with Gasteiger partial charge in [0.15, 0.2) is 5.82 Å². The first-order chi connectivity index (χ1) is 27.7. The van der Waals surface area contributed by atoms with Crippen molar-refractivity contribution in [1.29, 1.82) is 0 Å². The van der Waals surface area contributed by atoms with E-state index in [9.17, 15) is 0 Å². The number of benzene rings is 8. The first-order valence-corrected chi connectivity index (χ1v) is 19.6. The number of hydrogen-bond acceptors (Lipinski definition) is 4. The second kappa shape index (κ2) is 13.3. The molecule has 56 heavy (non-hydrogen) atoms. The molecule has 0 amide bonds. The van der Waals surface area contributed by atoms with E-state index in [0.29, 0.717) is 5.82 Å². The van der Waals surface area contributed by atoms with Crippen molar-refractivity contribution in [3.8, 4) is 67.3 Å². The molecule has 3 aromatic heterocycles. The van der Waals surface area contributed by atoms with E-state index in [-0.39, 0.29) is 0 Å². The maximum atomic E-state index is 6.71. The van der Waals surface area contributed by atoms with E-state index >= 15 is 0 Å². The standard InChI is InChI=1S/C52H32N2OS/c1-3-11-33(12-4-1)34-19-25-38(26-20-34)52-53-45(36-13-5-2-6-14-36)32-46(54-52)37-23-21-35(22-24-37)41-29-28-40(50-43-16-7-9-17-47(43)55-51(41)50)39-27-30-49-44(31-39)42-15-8-10-18-48(42)56-49/h1-32H. The third-order valence-electron chi connectivity index (χ3n) is 10.8. The van der Waals surface area contributed by atoms with Crippen LogP contribution in [0.15, 0.2) is 199 Å². The van der Waals surface area contributed by atoms with E-state index < -0.39 is 0 Å². The molecule has 0 fully saturated rings. The zero-order chi connectivity index (χ0) is 37.0. The molecule has 262 valence electrons. The van der Waals surface area contributed by atoms with Crippen molar-refractivity contribution in [2.75, 3.05) is 0 Å². The molecule has 0 radical (unpaired) electrons. The summed E-state index contributed by atoms with van der Waals surface area (Å²) in [6, 6.07) is 68.4. The maximum Gasteiger partial charge on any atom is 0.160 e. The lowest BCUT2D eigenvalue weighted by Crippen LogP contribution is -1.96. The van der Waals surface area contributed by atoms with Crippen molar-refractivity contribution in [1.82, 2.24) is 9.97 Å². The van der Waals surface area contributed by atoms with Crippen LogP contribution in [0.2, 0.25) is 0 Å². The van der Waals surface area contributed by atoms with Gasteiger partial charge in [0.05, 0.1) is 11.4 Å². The van der Waals surface area contributed by atoms with E-state index in [1.54, 1.807) is 0 Å². The molecule has 0 aliphatic rings. The fraction of sp³-hybridized carbons (Fsp3) is 0. The number of rotatable bonds is 6. The largest absolute Gasteiger partial charge is 0.455 e. The van der Waals surface area contributed by atoms with Crippen molar-refractivity contribution < 1.29 is 4.42 Å². The molecular weight excluding hydrogens is 701 g/mol. The van der Waals surface area contributed by atoms with Gasteiger partial charge in [0.2, 0.25) is 0 Å². The smallest absolute Gasteiger partial charge is 0.160 e. The van der Waals surface area contributed by atoms with Crippen molar-refractivity contribution in [2.24, 2.45) is 0 Å². The normalized spacial score (nSPS) is 11.6. The Kier molecular flexibility index (Phi) is 7.68. The molecule has 3 nitrogen and oxygen atoms in total. The summed E-state index contributed by atoms with van der Waals surface area (Å²) in [5.74, 6) is 0.693. The van der Waals surface area contributed by atoms with Gasteiger partial charge in [0, 0.05) is 53.2 Å². The summed E-state index contributed by atoms with van der Waals surface area (Å²) in [5.41, 5.74) is 13.4.